The summed E-state index contributed by atoms with van der Waals surface area (Å²) < 4.78 is 10.5. The predicted octanol–water partition coefficient (Wildman–Crippen LogP) is 0.786. The van der Waals surface area contributed by atoms with Gasteiger partial charge >= 0.3 is 0 Å². The standard InChI is InChI=1S/C20H29N3O5/c1-16(25)22(8-6-17-4-5-18(27-2)19(14-17)28-3)9-7-20(26)23-12-10-21(15-24)11-13-23/h4-5,14-15H,6-13H2,1-3H3. The minimum absolute atomic E-state index is 0.0166. The van der Waals surface area contributed by atoms with Crippen molar-refractivity contribution < 1.29 is 23.9 Å². The second-order valence-corrected chi connectivity index (χ2v) is 6.72. The summed E-state index contributed by atoms with van der Waals surface area (Å²) in [5.41, 5.74) is 1.03. The highest BCUT2D eigenvalue weighted by molar-refractivity contribution is 5.78. The van der Waals surface area contributed by atoms with Crippen LogP contribution in [0.25, 0.3) is 0 Å². The van der Waals surface area contributed by atoms with Gasteiger partial charge in [-0.05, 0) is 24.1 Å². The fraction of sp³-hybridized carbons (Fsp3) is 0.550. The van der Waals surface area contributed by atoms with Gasteiger partial charge in [-0.1, -0.05) is 6.07 Å². The lowest BCUT2D eigenvalue weighted by molar-refractivity contribution is -0.136. The summed E-state index contributed by atoms with van der Waals surface area (Å²) >= 11 is 0. The molecule has 0 atom stereocenters. The van der Waals surface area contributed by atoms with Crippen LogP contribution in [-0.2, 0) is 20.8 Å². The molecule has 1 saturated heterocycles. The molecular weight excluding hydrogens is 362 g/mol. The average Bonchev–Trinajstić information content (AvgIpc) is 2.73. The van der Waals surface area contributed by atoms with Crippen LogP contribution in [0.1, 0.15) is 18.9 Å². The molecule has 1 fully saturated rings. The van der Waals surface area contributed by atoms with E-state index in [1.807, 2.05) is 18.2 Å². The van der Waals surface area contributed by atoms with Crippen LogP contribution in [0, 0.1) is 0 Å². The Bertz CT molecular complexity index is 686. The van der Waals surface area contributed by atoms with Gasteiger partial charge in [0.25, 0.3) is 0 Å². The highest BCUT2D eigenvalue weighted by Crippen LogP contribution is 2.27. The first-order valence-electron chi connectivity index (χ1n) is 9.42. The molecule has 1 aromatic rings. The van der Waals surface area contributed by atoms with Crippen molar-refractivity contribution in [2.75, 3.05) is 53.5 Å². The molecule has 0 bridgehead atoms. The van der Waals surface area contributed by atoms with Crippen LogP contribution in [-0.4, -0.2) is 86.4 Å². The fourth-order valence-electron chi connectivity index (χ4n) is 3.19. The van der Waals surface area contributed by atoms with Gasteiger partial charge in [0.2, 0.25) is 18.2 Å². The van der Waals surface area contributed by atoms with Crippen LogP contribution >= 0.6 is 0 Å². The van der Waals surface area contributed by atoms with Crippen molar-refractivity contribution in [3.63, 3.8) is 0 Å². The number of benzene rings is 1. The summed E-state index contributed by atoms with van der Waals surface area (Å²) in [4.78, 5) is 40.2. The lowest BCUT2D eigenvalue weighted by Gasteiger charge is -2.33. The number of carbonyl (C=O) groups excluding carboxylic acids is 3. The molecule has 28 heavy (non-hydrogen) atoms. The second kappa shape index (κ2) is 10.5. The van der Waals surface area contributed by atoms with Crippen molar-refractivity contribution in [3.05, 3.63) is 23.8 Å². The minimum atomic E-state index is -0.0564. The molecule has 1 aromatic carbocycles. The zero-order chi connectivity index (χ0) is 20.5. The van der Waals surface area contributed by atoms with E-state index in [1.54, 1.807) is 28.9 Å². The molecule has 1 aliphatic rings. The number of piperazine rings is 1. The normalized spacial score (nSPS) is 13.8. The molecule has 0 aromatic heterocycles. The first kappa shape index (κ1) is 21.5. The number of hydrogen-bond donors (Lipinski definition) is 0. The van der Waals surface area contributed by atoms with Gasteiger partial charge in [0.1, 0.15) is 0 Å². The predicted molar refractivity (Wildman–Crippen MR) is 104 cm³/mol. The van der Waals surface area contributed by atoms with Crippen LogP contribution in [0.4, 0.5) is 0 Å². The monoisotopic (exact) mass is 391 g/mol. The highest BCUT2D eigenvalue weighted by Gasteiger charge is 2.21. The Morgan fingerprint density at radius 1 is 1.07 bits per heavy atom. The third-order valence-corrected chi connectivity index (χ3v) is 4.98. The Balaban J connectivity index is 1.85. The molecular formula is C20H29N3O5. The van der Waals surface area contributed by atoms with Crippen molar-refractivity contribution >= 4 is 18.2 Å². The Labute approximate surface area is 166 Å². The van der Waals surface area contributed by atoms with Gasteiger partial charge < -0.3 is 24.2 Å². The molecule has 1 aliphatic heterocycles. The van der Waals surface area contributed by atoms with Crippen LogP contribution < -0.4 is 9.47 Å². The maximum atomic E-state index is 12.4. The third kappa shape index (κ3) is 5.87. The Morgan fingerprint density at radius 2 is 1.75 bits per heavy atom. The SMILES string of the molecule is COc1ccc(CCN(CCC(=O)N2CCN(C=O)CC2)C(C)=O)cc1OC. The summed E-state index contributed by atoms with van der Waals surface area (Å²) in [6.07, 6.45) is 1.76. The number of ether oxygens (including phenoxy) is 2. The molecule has 0 aliphatic carbocycles. The van der Waals surface area contributed by atoms with Crippen LogP contribution in [0.3, 0.4) is 0 Å². The molecule has 8 heteroatoms. The number of amides is 3. The third-order valence-electron chi connectivity index (χ3n) is 4.98. The number of methoxy groups -OCH3 is 2. The quantitative estimate of drug-likeness (QED) is 0.582. The number of rotatable bonds is 9. The van der Waals surface area contributed by atoms with Crippen LogP contribution in [0.2, 0.25) is 0 Å². The first-order chi connectivity index (χ1) is 13.5. The van der Waals surface area contributed by atoms with Gasteiger partial charge in [0.05, 0.1) is 14.2 Å². The van der Waals surface area contributed by atoms with Gasteiger partial charge in [-0.2, -0.15) is 0 Å². The van der Waals surface area contributed by atoms with Gasteiger partial charge in [0.15, 0.2) is 11.5 Å². The molecule has 154 valence electrons. The van der Waals surface area contributed by atoms with Crippen LogP contribution in [0.5, 0.6) is 11.5 Å². The molecule has 0 N–H and O–H groups in total. The number of nitrogens with zero attached hydrogens (tertiary/aromatic N) is 3. The summed E-state index contributed by atoms with van der Waals surface area (Å²) in [5.74, 6) is 1.27. The van der Waals surface area contributed by atoms with Crippen molar-refractivity contribution in [1.29, 1.82) is 0 Å². The van der Waals surface area contributed by atoms with Crippen molar-refractivity contribution in [1.82, 2.24) is 14.7 Å². The first-order valence-corrected chi connectivity index (χ1v) is 9.42. The fourth-order valence-corrected chi connectivity index (χ4v) is 3.19. The zero-order valence-electron chi connectivity index (χ0n) is 16.8. The van der Waals surface area contributed by atoms with Gasteiger partial charge in [-0.15, -0.1) is 0 Å². The lowest BCUT2D eigenvalue weighted by Crippen LogP contribution is -2.48. The second-order valence-electron chi connectivity index (χ2n) is 6.72. The highest BCUT2D eigenvalue weighted by atomic mass is 16.5. The van der Waals surface area contributed by atoms with E-state index in [0.717, 1.165) is 12.0 Å². The smallest absolute Gasteiger partial charge is 0.224 e. The van der Waals surface area contributed by atoms with E-state index in [2.05, 4.69) is 0 Å². The average molecular weight is 391 g/mol. The molecule has 0 unspecified atom stereocenters. The Hall–Kier alpha value is -2.77. The summed E-state index contributed by atoms with van der Waals surface area (Å²) in [6.45, 7) is 4.64. The topological polar surface area (TPSA) is 79.4 Å². The molecule has 0 spiro atoms. The van der Waals surface area contributed by atoms with E-state index >= 15 is 0 Å². The summed E-state index contributed by atoms with van der Waals surface area (Å²) in [5, 5.41) is 0. The van der Waals surface area contributed by atoms with Crippen molar-refractivity contribution in [2.45, 2.75) is 19.8 Å². The zero-order valence-corrected chi connectivity index (χ0v) is 16.8. The number of carbonyl (C=O) groups is 3. The van der Waals surface area contributed by atoms with Gasteiger partial charge in [-0.3, -0.25) is 14.4 Å². The molecule has 3 amide bonds. The molecule has 0 saturated carbocycles. The number of hydrogen-bond acceptors (Lipinski definition) is 5. The molecule has 2 rings (SSSR count). The van der Waals surface area contributed by atoms with E-state index < -0.39 is 0 Å². The van der Waals surface area contributed by atoms with Gasteiger partial charge in [-0.25, -0.2) is 0 Å². The van der Waals surface area contributed by atoms with E-state index in [-0.39, 0.29) is 18.2 Å². The molecule has 0 radical (unpaired) electrons. The van der Waals surface area contributed by atoms with Crippen molar-refractivity contribution in [3.8, 4) is 11.5 Å². The van der Waals surface area contributed by atoms with Crippen LogP contribution in [0.15, 0.2) is 18.2 Å². The largest absolute Gasteiger partial charge is 0.493 e. The lowest BCUT2D eigenvalue weighted by atomic mass is 10.1. The Morgan fingerprint density at radius 3 is 2.32 bits per heavy atom. The van der Waals surface area contributed by atoms with Gasteiger partial charge in [0, 0.05) is 52.6 Å². The Kier molecular flexibility index (Phi) is 8.10. The maximum absolute atomic E-state index is 12.4. The summed E-state index contributed by atoms with van der Waals surface area (Å²) in [6, 6.07) is 5.68. The van der Waals surface area contributed by atoms with E-state index in [9.17, 15) is 14.4 Å². The summed E-state index contributed by atoms with van der Waals surface area (Å²) in [7, 11) is 3.18. The van der Waals surface area contributed by atoms with E-state index in [4.69, 9.17) is 9.47 Å². The van der Waals surface area contributed by atoms with E-state index in [0.29, 0.717) is 57.2 Å². The minimum Gasteiger partial charge on any atom is -0.493 e. The maximum Gasteiger partial charge on any atom is 0.224 e. The van der Waals surface area contributed by atoms with E-state index in [1.165, 1.54) is 6.92 Å². The molecule has 8 nitrogen and oxygen atoms in total. The molecule has 1 heterocycles. The van der Waals surface area contributed by atoms with Crippen molar-refractivity contribution in [2.24, 2.45) is 0 Å².